The van der Waals surface area contributed by atoms with Crippen molar-refractivity contribution >= 4 is 11.6 Å². The third-order valence-corrected chi connectivity index (χ3v) is 2.41. The lowest BCUT2D eigenvalue weighted by Crippen LogP contribution is -2.27. The number of allylic oxidation sites excluding steroid dienone is 1. The van der Waals surface area contributed by atoms with Crippen molar-refractivity contribution in [1.82, 2.24) is 10.9 Å². The molecular formula is C11H10F3N3O2. The lowest BCUT2D eigenvalue weighted by Gasteiger charge is -2.13. The van der Waals surface area contributed by atoms with Crippen molar-refractivity contribution < 1.29 is 22.8 Å². The molecule has 0 fully saturated rings. The van der Waals surface area contributed by atoms with Gasteiger partial charge in [0, 0.05) is 12.6 Å². The van der Waals surface area contributed by atoms with Crippen LogP contribution in [0.15, 0.2) is 36.2 Å². The molecule has 0 saturated carbocycles. The Morgan fingerprint density at radius 2 is 1.95 bits per heavy atom. The Kier molecular flexibility index (Phi) is 3.34. The summed E-state index contributed by atoms with van der Waals surface area (Å²) in [5.41, 5.74) is 2.93. The molecule has 1 aliphatic rings. The van der Waals surface area contributed by atoms with Gasteiger partial charge in [0.1, 0.15) is 0 Å². The topological polar surface area (TPSA) is 53.6 Å². The molecule has 102 valence electrons. The molecule has 0 bridgehead atoms. The zero-order valence-corrected chi connectivity index (χ0v) is 9.78. The summed E-state index contributed by atoms with van der Waals surface area (Å²) in [4.78, 5) is 15.6. The van der Waals surface area contributed by atoms with Crippen LogP contribution in [0.2, 0.25) is 0 Å². The third-order valence-electron chi connectivity index (χ3n) is 2.41. The molecule has 8 heteroatoms. The molecule has 1 aliphatic heterocycles. The Hall–Kier alpha value is -2.22. The molecule has 5 nitrogen and oxygen atoms in total. The van der Waals surface area contributed by atoms with E-state index in [9.17, 15) is 18.0 Å². The van der Waals surface area contributed by atoms with Gasteiger partial charge in [-0.2, -0.15) is 13.2 Å². The zero-order chi connectivity index (χ0) is 14.0. The smallest absolute Gasteiger partial charge is 0.382 e. The average molecular weight is 273 g/mol. The molecule has 0 saturated heterocycles. The van der Waals surface area contributed by atoms with Crippen LogP contribution in [0.1, 0.15) is 10.4 Å². The van der Waals surface area contributed by atoms with Crippen LogP contribution in [0.3, 0.4) is 0 Å². The van der Waals surface area contributed by atoms with Gasteiger partial charge in [-0.3, -0.25) is 4.79 Å². The normalized spacial score (nSPS) is 14.9. The first-order valence-corrected chi connectivity index (χ1v) is 5.24. The van der Waals surface area contributed by atoms with Gasteiger partial charge < -0.3 is 10.2 Å². The van der Waals surface area contributed by atoms with Gasteiger partial charge in [-0.05, 0) is 24.3 Å². The van der Waals surface area contributed by atoms with Gasteiger partial charge in [0.15, 0.2) is 0 Å². The number of hydrogen-bond donors (Lipinski definition) is 2. The number of benzene rings is 1. The van der Waals surface area contributed by atoms with Gasteiger partial charge in [0.2, 0.25) is 5.76 Å². The maximum atomic E-state index is 12.4. The highest BCUT2D eigenvalue weighted by Gasteiger charge is 2.40. The summed E-state index contributed by atoms with van der Waals surface area (Å²) in [6.45, 7) is 0. The number of hydrazine groups is 1. The lowest BCUT2D eigenvalue weighted by atomic mass is 10.2. The van der Waals surface area contributed by atoms with Crippen LogP contribution in [0.4, 0.5) is 18.9 Å². The van der Waals surface area contributed by atoms with Crippen LogP contribution in [0.25, 0.3) is 0 Å². The minimum absolute atomic E-state index is 0.274. The van der Waals surface area contributed by atoms with Crippen LogP contribution < -0.4 is 15.9 Å². The van der Waals surface area contributed by atoms with Gasteiger partial charge in [0.05, 0.1) is 11.9 Å². The van der Waals surface area contributed by atoms with E-state index in [4.69, 9.17) is 0 Å². The zero-order valence-electron chi connectivity index (χ0n) is 9.78. The summed E-state index contributed by atoms with van der Waals surface area (Å²) in [6, 6.07) is 5.98. The number of halogens is 3. The number of alkyl halides is 3. The fourth-order valence-corrected chi connectivity index (χ4v) is 1.44. The van der Waals surface area contributed by atoms with Crippen LogP contribution in [0.5, 0.6) is 0 Å². The van der Waals surface area contributed by atoms with Crippen molar-refractivity contribution in [2.75, 3.05) is 12.1 Å². The third kappa shape index (κ3) is 2.79. The van der Waals surface area contributed by atoms with Crippen molar-refractivity contribution in [3.05, 3.63) is 41.8 Å². The first-order chi connectivity index (χ1) is 8.91. The van der Waals surface area contributed by atoms with Crippen LogP contribution >= 0.6 is 0 Å². The van der Waals surface area contributed by atoms with Gasteiger partial charge >= 0.3 is 6.18 Å². The second-order valence-electron chi connectivity index (χ2n) is 3.68. The van der Waals surface area contributed by atoms with E-state index >= 15 is 0 Å². The number of carbonyl (C=O) groups is 1. The first-order valence-electron chi connectivity index (χ1n) is 5.24. The molecule has 1 heterocycles. The molecule has 0 spiro atoms. The molecule has 0 unspecified atom stereocenters. The van der Waals surface area contributed by atoms with E-state index in [-0.39, 0.29) is 5.91 Å². The van der Waals surface area contributed by atoms with Crippen LogP contribution in [0, 0.1) is 0 Å². The van der Waals surface area contributed by atoms with Gasteiger partial charge in [-0.15, -0.1) is 0 Å². The highest BCUT2D eigenvalue weighted by atomic mass is 19.4. The molecular weight excluding hydrogens is 263 g/mol. The SMILES string of the molecule is CNC(=O)c1ccc(N2C=C(C(F)(F)F)ON2)cc1. The number of nitrogens with zero attached hydrogens (tertiary/aromatic N) is 1. The summed E-state index contributed by atoms with van der Waals surface area (Å²) in [5, 5.41) is 3.51. The summed E-state index contributed by atoms with van der Waals surface area (Å²) >= 11 is 0. The minimum Gasteiger partial charge on any atom is -0.382 e. The fourth-order valence-electron chi connectivity index (χ4n) is 1.44. The molecule has 1 aromatic carbocycles. The summed E-state index contributed by atoms with van der Waals surface area (Å²) in [5.74, 6) is -1.41. The Bertz CT molecular complexity index is 511. The Morgan fingerprint density at radius 1 is 1.32 bits per heavy atom. The summed E-state index contributed by atoms with van der Waals surface area (Å²) < 4.78 is 37.1. The van der Waals surface area contributed by atoms with Crippen LogP contribution in [-0.4, -0.2) is 19.1 Å². The monoisotopic (exact) mass is 273 g/mol. The van der Waals surface area contributed by atoms with Crippen molar-refractivity contribution in [3.63, 3.8) is 0 Å². The van der Waals surface area contributed by atoms with E-state index < -0.39 is 11.9 Å². The number of rotatable bonds is 2. The van der Waals surface area contributed by atoms with Gasteiger partial charge in [-0.1, -0.05) is 5.59 Å². The maximum Gasteiger partial charge on any atom is 0.453 e. The van der Waals surface area contributed by atoms with E-state index in [2.05, 4.69) is 15.7 Å². The molecule has 0 aromatic heterocycles. The van der Waals surface area contributed by atoms with E-state index in [0.717, 1.165) is 11.2 Å². The van der Waals surface area contributed by atoms with Crippen LogP contribution in [-0.2, 0) is 4.84 Å². The van der Waals surface area contributed by atoms with Crippen molar-refractivity contribution in [2.24, 2.45) is 0 Å². The highest BCUT2D eigenvalue weighted by molar-refractivity contribution is 5.94. The lowest BCUT2D eigenvalue weighted by molar-refractivity contribution is -0.136. The average Bonchev–Trinajstić information content (AvgIpc) is 2.87. The number of hydrogen-bond acceptors (Lipinski definition) is 4. The van der Waals surface area contributed by atoms with Crippen molar-refractivity contribution in [3.8, 4) is 0 Å². The predicted molar refractivity (Wildman–Crippen MR) is 60.7 cm³/mol. The molecule has 0 atom stereocenters. The molecule has 0 aliphatic carbocycles. The minimum atomic E-state index is -4.55. The van der Waals surface area contributed by atoms with E-state index in [1.807, 2.05) is 0 Å². The standard InChI is InChI=1S/C11H10F3N3O2/c1-15-10(18)7-2-4-8(5-3-7)17-6-9(19-16-17)11(12,13)14/h2-6,16H,1H3,(H,15,18). The molecule has 2 N–H and O–H groups in total. The quantitative estimate of drug-likeness (QED) is 0.861. The Balaban J connectivity index is 2.16. The molecule has 1 amide bonds. The second kappa shape index (κ2) is 4.81. The summed E-state index contributed by atoms with van der Waals surface area (Å²) in [6.07, 6.45) is -3.77. The molecule has 19 heavy (non-hydrogen) atoms. The largest absolute Gasteiger partial charge is 0.453 e. The number of anilines is 1. The van der Waals surface area contributed by atoms with E-state index in [0.29, 0.717) is 11.3 Å². The van der Waals surface area contributed by atoms with E-state index in [1.54, 1.807) is 0 Å². The van der Waals surface area contributed by atoms with Crippen molar-refractivity contribution in [2.45, 2.75) is 6.18 Å². The van der Waals surface area contributed by atoms with Crippen molar-refractivity contribution in [1.29, 1.82) is 0 Å². The van der Waals surface area contributed by atoms with E-state index in [1.165, 1.54) is 31.3 Å². The molecule has 0 radical (unpaired) electrons. The Morgan fingerprint density at radius 3 is 2.42 bits per heavy atom. The predicted octanol–water partition coefficient (Wildman–Crippen LogP) is 1.71. The second-order valence-corrected chi connectivity index (χ2v) is 3.68. The van der Waals surface area contributed by atoms with Gasteiger partial charge in [-0.25, -0.2) is 5.01 Å². The molecule has 1 aromatic rings. The Labute approximate surface area is 106 Å². The number of nitrogens with one attached hydrogen (secondary N) is 2. The first kappa shape index (κ1) is 13.2. The van der Waals surface area contributed by atoms with Gasteiger partial charge in [0.25, 0.3) is 5.91 Å². The fraction of sp³-hybridized carbons (Fsp3) is 0.182. The summed E-state index contributed by atoms with van der Waals surface area (Å²) in [7, 11) is 1.49. The highest BCUT2D eigenvalue weighted by Crippen LogP contribution is 2.30. The maximum absolute atomic E-state index is 12.4. The number of amides is 1. The molecule has 2 rings (SSSR count). The number of carbonyl (C=O) groups excluding carboxylic acids is 1.